The first-order chi connectivity index (χ1) is 7.90. The topological polar surface area (TPSA) is 23.5 Å². The van der Waals surface area contributed by atoms with Gasteiger partial charge in [0.2, 0.25) is 0 Å². The Morgan fingerprint density at radius 3 is 2.76 bits per heavy atom. The first-order valence-electron chi connectivity index (χ1n) is 6.12. The van der Waals surface area contributed by atoms with E-state index in [1.165, 1.54) is 11.3 Å². The number of β-amino-alcohol motifs (C(OH)–C–C–N with tert-alkyl or cyclic N) is 1. The largest absolute Gasteiger partial charge is 0.391 e. The lowest BCUT2D eigenvalue weighted by Crippen LogP contribution is -2.52. The fraction of sp³-hybridized carbons (Fsp3) is 0.571. The van der Waals surface area contributed by atoms with Gasteiger partial charge in [-0.15, -0.1) is 0 Å². The number of rotatable bonds is 1. The highest BCUT2D eigenvalue weighted by atomic mass is 79.9. The van der Waals surface area contributed by atoms with Crippen molar-refractivity contribution in [2.45, 2.75) is 45.3 Å². The van der Waals surface area contributed by atoms with Crippen LogP contribution in [0.5, 0.6) is 0 Å². The highest BCUT2D eigenvalue weighted by Gasteiger charge is 2.33. The van der Waals surface area contributed by atoms with Gasteiger partial charge in [0.05, 0.1) is 6.10 Å². The van der Waals surface area contributed by atoms with Gasteiger partial charge in [-0.05, 0) is 51.3 Å². The van der Waals surface area contributed by atoms with Crippen LogP contribution in [0, 0.1) is 6.92 Å². The molecule has 0 spiro atoms. The molecular formula is C14H20BrNO. The van der Waals surface area contributed by atoms with E-state index in [0.29, 0.717) is 0 Å². The number of anilines is 1. The molecule has 1 aromatic rings. The molecule has 3 heteroatoms. The molecule has 1 N–H and O–H groups in total. The zero-order chi connectivity index (χ0) is 12.6. The van der Waals surface area contributed by atoms with Gasteiger partial charge in [-0.1, -0.05) is 22.0 Å². The molecule has 2 nitrogen and oxygen atoms in total. The van der Waals surface area contributed by atoms with Crippen LogP contribution in [0.25, 0.3) is 0 Å². The molecule has 0 saturated carbocycles. The Labute approximate surface area is 112 Å². The lowest BCUT2D eigenvalue weighted by atomic mass is 9.88. The molecule has 2 rings (SSSR count). The average Bonchev–Trinajstić information content (AvgIpc) is 2.26. The molecule has 0 aromatic heterocycles. The first kappa shape index (κ1) is 12.9. The van der Waals surface area contributed by atoms with Gasteiger partial charge in [-0.2, -0.15) is 0 Å². The maximum Gasteiger partial charge on any atom is 0.0716 e. The van der Waals surface area contributed by atoms with E-state index in [9.17, 15) is 5.11 Å². The molecule has 1 aliphatic rings. The van der Waals surface area contributed by atoms with E-state index in [1.807, 2.05) is 0 Å². The summed E-state index contributed by atoms with van der Waals surface area (Å²) in [7, 11) is 0. The SMILES string of the molecule is Cc1ccc(N2CC(O)CCC2(C)C)cc1Br. The van der Waals surface area contributed by atoms with Crippen LogP contribution in [-0.2, 0) is 0 Å². The van der Waals surface area contributed by atoms with Crippen LogP contribution in [0.4, 0.5) is 5.69 Å². The summed E-state index contributed by atoms with van der Waals surface area (Å²) in [4.78, 5) is 2.31. The zero-order valence-corrected chi connectivity index (χ0v) is 12.3. The number of aliphatic hydroxyl groups excluding tert-OH is 1. The summed E-state index contributed by atoms with van der Waals surface area (Å²) in [5, 5.41) is 9.84. The van der Waals surface area contributed by atoms with Crippen LogP contribution in [0.2, 0.25) is 0 Å². The number of halogens is 1. The number of aryl methyl sites for hydroxylation is 1. The van der Waals surface area contributed by atoms with Crippen molar-refractivity contribution in [3.8, 4) is 0 Å². The molecule has 1 aliphatic heterocycles. The summed E-state index contributed by atoms with van der Waals surface area (Å²) < 4.78 is 1.13. The van der Waals surface area contributed by atoms with Crippen LogP contribution in [0.3, 0.4) is 0 Å². The molecule has 1 atom stereocenters. The summed E-state index contributed by atoms with van der Waals surface area (Å²) in [5.74, 6) is 0. The van der Waals surface area contributed by atoms with E-state index in [2.05, 4.69) is 59.8 Å². The monoisotopic (exact) mass is 297 g/mol. The maximum absolute atomic E-state index is 9.84. The lowest BCUT2D eigenvalue weighted by molar-refractivity contribution is 0.126. The third-order valence-electron chi connectivity index (χ3n) is 3.68. The van der Waals surface area contributed by atoms with Crippen LogP contribution in [-0.4, -0.2) is 23.3 Å². The van der Waals surface area contributed by atoms with E-state index in [-0.39, 0.29) is 11.6 Å². The van der Waals surface area contributed by atoms with Gasteiger partial charge in [0, 0.05) is 22.2 Å². The molecule has 0 aliphatic carbocycles. The Morgan fingerprint density at radius 1 is 1.41 bits per heavy atom. The molecule has 0 radical (unpaired) electrons. The Hall–Kier alpha value is -0.540. The van der Waals surface area contributed by atoms with Gasteiger partial charge in [-0.25, -0.2) is 0 Å². The maximum atomic E-state index is 9.84. The Kier molecular flexibility index (Phi) is 3.50. The highest BCUT2D eigenvalue weighted by molar-refractivity contribution is 9.10. The quantitative estimate of drug-likeness (QED) is 0.858. The second-order valence-electron chi connectivity index (χ2n) is 5.55. The smallest absolute Gasteiger partial charge is 0.0716 e. The first-order valence-corrected chi connectivity index (χ1v) is 6.91. The number of piperidine rings is 1. The summed E-state index contributed by atoms with van der Waals surface area (Å²) >= 11 is 3.58. The van der Waals surface area contributed by atoms with Crippen molar-refractivity contribution in [2.24, 2.45) is 0 Å². The van der Waals surface area contributed by atoms with Crippen LogP contribution in [0.15, 0.2) is 22.7 Å². The zero-order valence-electron chi connectivity index (χ0n) is 10.7. The van der Waals surface area contributed by atoms with Crippen LogP contribution >= 0.6 is 15.9 Å². The molecule has 1 fully saturated rings. The molecule has 94 valence electrons. The van der Waals surface area contributed by atoms with Gasteiger partial charge in [-0.3, -0.25) is 0 Å². The van der Waals surface area contributed by atoms with E-state index in [1.54, 1.807) is 0 Å². The van der Waals surface area contributed by atoms with Gasteiger partial charge in [0.25, 0.3) is 0 Å². The molecule has 17 heavy (non-hydrogen) atoms. The molecule has 1 saturated heterocycles. The Balaban J connectivity index is 2.33. The predicted molar refractivity (Wildman–Crippen MR) is 75.5 cm³/mol. The van der Waals surface area contributed by atoms with Crippen molar-refractivity contribution in [2.75, 3.05) is 11.4 Å². The fourth-order valence-corrected chi connectivity index (χ4v) is 2.78. The minimum Gasteiger partial charge on any atom is -0.391 e. The number of benzene rings is 1. The second kappa shape index (κ2) is 4.62. The number of nitrogens with zero attached hydrogens (tertiary/aromatic N) is 1. The van der Waals surface area contributed by atoms with E-state index in [0.717, 1.165) is 23.9 Å². The molecule has 0 amide bonds. The van der Waals surface area contributed by atoms with E-state index >= 15 is 0 Å². The third-order valence-corrected chi connectivity index (χ3v) is 4.53. The van der Waals surface area contributed by atoms with Gasteiger partial charge in [0.15, 0.2) is 0 Å². The molecular weight excluding hydrogens is 278 g/mol. The van der Waals surface area contributed by atoms with Gasteiger partial charge >= 0.3 is 0 Å². The standard InChI is InChI=1S/C14H20BrNO/c1-10-4-5-11(8-13(10)15)16-9-12(17)6-7-14(16,2)3/h4-5,8,12,17H,6-7,9H2,1-3H3. The number of aliphatic hydroxyl groups is 1. The number of hydrogen-bond acceptors (Lipinski definition) is 2. The number of hydrogen-bond donors (Lipinski definition) is 1. The molecule has 0 bridgehead atoms. The van der Waals surface area contributed by atoms with Crippen molar-refractivity contribution in [1.29, 1.82) is 0 Å². The van der Waals surface area contributed by atoms with Gasteiger partial charge in [0.1, 0.15) is 0 Å². The van der Waals surface area contributed by atoms with Crippen molar-refractivity contribution in [1.82, 2.24) is 0 Å². The summed E-state index contributed by atoms with van der Waals surface area (Å²) in [6.45, 7) is 7.30. The van der Waals surface area contributed by atoms with Gasteiger partial charge < -0.3 is 10.0 Å². The summed E-state index contributed by atoms with van der Waals surface area (Å²) in [5.41, 5.74) is 2.55. The van der Waals surface area contributed by atoms with Crippen molar-refractivity contribution in [3.63, 3.8) is 0 Å². The van der Waals surface area contributed by atoms with Crippen molar-refractivity contribution in [3.05, 3.63) is 28.2 Å². The third kappa shape index (κ3) is 2.66. The fourth-order valence-electron chi connectivity index (χ4n) is 2.41. The van der Waals surface area contributed by atoms with E-state index in [4.69, 9.17) is 0 Å². The second-order valence-corrected chi connectivity index (χ2v) is 6.40. The highest BCUT2D eigenvalue weighted by Crippen LogP contribution is 2.34. The van der Waals surface area contributed by atoms with Crippen molar-refractivity contribution < 1.29 is 5.11 Å². The average molecular weight is 298 g/mol. The summed E-state index contributed by atoms with van der Waals surface area (Å²) in [6, 6.07) is 6.41. The van der Waals surface area contributed by atoms with E-state index < -0.39 is 0 Å². The van der Waals surface area contributed by atoms with Crippen LogP contribution in [0.1, 0.15) is 32.3 Å². The Morgan fingerprint density at radius 2 is 2.12 bits per heavy atom. The summed E-state index contributed by atoms with van der Waals surface area (Å²) in [6.07, 6.45) is 1.72. The normalized spacial score (nSPS) is 23.8. The molecule has 1 heterocycles. The predicted octanol–water partition coefficient (Wildman–Crippen LogP) is 3.50. The molecule has 1 unspecified atom stereocenters. The minimum atomic E-state index is -0.205. The minimum absolute atomic E-state index is 0.119. The van der Waals surface area contributed by atoms with Crippen molar-refractivity contribution >= 4 is 21.6 Å². The Bertz CT molecular complexity index is 417. The van der Waals surface area contributed by atoms with Crippen LogP contribution < -0.4 is 4.90 Å². The lowest BCUT2D eigenvalue weighted by Gasteiger charge is -2.46. The molecule has 1 aromatic carbocycles.